The SMILES string of the molecule is C=C(C)[C@@H]1[C@H](CC(=O)O)[C@@H](C(=O)O)N[C@H]1c1ccccc1. The van der Waals surface area contributed by atoms with E-state index in [2.05, 4.69) is 11.9 Å². The van der Waals surface area contributed by atoms with Gasteiger partial charge in [0.05, 0.1) is 6.42 Å². The minimum atomic E-state index is -1.02. The largest absolute Gasteiger partial charge is 0.481 e. The second-order valence-electron chi connectivity index (χ2n) is 5.50. The maximum Gasteiger partial charge on any atom is 0.321 e. The summed E-state index contributed by atoms with van der Waals surface area (Å²) in [6, 6.07) is 8.37. The van der Waals surface area contributed by atoms with E-state index < -0.39 is 23.9 Å². The molecule has 0 aromatic heterocycles. The molecule has 1 saturated heterocycles. The Morgan fingerprint density at radius 2 is 1.86 bits per heavy atom. The van der Waals surface area contributed by atoms with Gasteiger partial charge in [0, 0.05) is 17.9 Å². The van der Waals surface area contributed by atoms with Gasteiger partial charge in [-0.2, -0.15) is 0 Å². The van der Waals surface area contributed by atoms with Crippen LogP contribution in [0, 0.1) is 11.8 Å². The van der Waals surface area contributed by atoms with Crippen molar-refractivity contribution < 1.29 is 19.8 Å². The Morgan fingerprint density at radius 3 is 2.33 bits per heavy atom. The first-order valence-corrected chi connectivity index (χ1v) is 6.82. The maximum atomic E-state index is 11.5. The number of aliphatic carboxylic acids is 2. The second-order valence-corrected chi connectivity index (χ2v) is 5.50. The predicted octanol–water partition coefficient (Wildman–Crippen LogP) is 2.07. The Bertz CT molecular complexity index is 555. The molecule has 1 aromatic rings. The third-order valence-corrected chi connectivity index (χ3v) is 4.01. The lowest BCUT2D eigenvalue weighted by Gasteiger charge is -2.24. The highest BCUT2D eigenvalue weighted by atomic mass is 16.4. The van der Waals surface area contributed by atoms with Crippen molar-refractivity contribution in [3.8, 4) is 0 Å². The molecule has 1 aliphatic heterocycles. The molecule has 0 aliphatic carbocycles. The van der Waals surface area contributed by atoms with Crippen LogP contribution in [0.4, 0.5) is 0 Å². The van der Waals surface area contributed by atoms with Gasteiger partial charge in [0.15, 0.2) is 0 Å². The molecule has 1 aliphatic rings. The monoisotopic (exact) mass is 289 g/mol. The van der Waals surface area contributed by atoms with E-state index in [0.29, 0.717) is 0 Å². The van der Waals surface area contributed by atoms with E-state index in [1.807, 2.05) is 37.3 Å². The Labute approximate surface area is 123 Å². The van der Waals surface area contributed by atoms with E-state index in [0.717, 1.165) is 11.1 Å². The molecule has 0 amide bonds. The van der Waals surface area contributed by atoms with Crippen LogP contribution in [-0.4, -0.2) is 28.2 Å². The molecule has 112 valence electrons. The van der Waals surface area contributed by atoms with Crippen molar-refractivity contribution in [3.05, 3.63) is 48.0 Å². The van der Waals surface area contributed by atoms with Gasteiger partial charge < -0.3 is 10.2 Å². The molecule has 0 radical (unpaired) electrons. The fourth-order valence-electron chi connectivity index (χ4n) is 3.19. The maximum absolute atomic E-state index is 11.5. The van der Waals surface area contributed by atoms with E-state index in [-0.39, 0.29) is 18.4 Å². The summed E-state index contributed by atoms with van der Waals surface area (Å²) in [4.78, 5) is 22.5. The summed E-state index contributed by atoms with van der Waals surface area (Å²) < 4.78 is 0. The minimum absolute atomic E-state index is 0.190. The molecule has 5 nitrogen and oxygen atoms in total. The highest BCUT2D eigenvalue weighted by molar-refractivity contribution is 5.77. The number of hydrogen-bond donors (Lipinski definition) is 3. The summed E-state index contributed by atoms with van der Waals surface area (Å²) in [5, 5.41) is 21.5. The number of carboxylic acids is 2. The lowest BCUT2D eigenvalue weighted by molar-refractivity contribution is -0.142. The van der Waals surface area contributed by atoms with Crippen LogP contribution in [0.1, 0.15) is 24.9 Å². The molecule has 4 atom stereocenters. The van der Waals surface area contributed by atoms with Crippen molar-refractivity contribution in [2.24, 2.45) is 11.8 Å². The first-order valence-electron chi connectivity index (χ1n) is 6.82. The normalized spacial score (nSPS) is 28.2. The number of rotatable bonds is 5. The number of carboxylic acid groups (broad SMARTS) is 2. The Hall–Kier alpha value is -2.14. The molecule has 3 N–H and O–H groups in total. The first kappa shape index (κ1) is 15.3. The Kier molecular flexibility index (Phi) is 4.43. The zero-order valence-corrected chi connectivity index (χ0v) is 11.8. The average Bonchev–Trinajstić information content (AvgIpc) is 2.78. The summed E-state index contributed by atoms with van der Waals surface area (Å²) in [6.45, 7) is 5.76. The van der Waals surface area contributed by atoms with Crippen molar-refractivity contribution in [2.75, 3.05) is 0 Å². The molecule has 21 heavy (non-hydrogen) atoms. The van der Waals surface area contributed by atoms with E-state index in [4.69, 9.17) is 5.11 Å². The number of carbonyl (C=O) groups is 2. The highest BCUT2D eigenvalue weighted by Crippen LogP contribution is 2.42. The number of benzene rings is 1. The fourth-order valence-corrected chi connectivity index (χ4v) is 3.19. The van der Waals surface area contributed by atoms with Gasteiger partial charge >= 0.3 is 11.9 Å². The summed E-state index contributed by atoms with van der Waals surface area (Å²) in [5.74, 6) is -2.74. The third-order valence-electron chi connectivity index (χ3n) is 4.01. The van der Waals surface area contributed by atoms with Gasteiger partial charge in [0.25, 0.3) is 0 Å². The average molecular weight is 289 g/mol. The molecule has 1 aromatic carbocycles. The van der Waals surface area contributed by atoms with Crippen molar-refractivity contribution in [1.82, 2.24) is 5.32 Å². The molecule has 5 heteroatoms. The molecular formula is C16H19NO4. The molecule has 0 saturated carbocycles. The van der Waals surface area contributed by atoms with E-state index >= 15 is 0 Å². The summed E-state index contributed by atoms with van der Waals surface area (Å²) in [6.07, 6.45) is -0.190. The first-order chi connectivity index (χ1) is 9.91. The highest BCUT2D eigenvalue weighted by Gasteiger charge is 2.47. The molecular weight excluding hydrogens is 270 g/mol. The molecule has 0 spiro atoms. The lowest BCUT2D eigenvalue weighted by atomic mass is 9.79. The van der Waals surface area contributed by atoms with Crippen LogP contribution in [0.25, 0.3) is 0 Å². The van der Waals surface area contributed by atoms with Crippen molar-refractivity contribution >= 4 is 11.9 Å². The van der Waals surface area contributed by atoms with Crippen LogP contribution in [0.5, 0.6) is 0 Å². The molecule has 1 fully saturated rings. The lowest BCUT2D eigenvalue weighted by Crippen LogP contribution is -2.37. The predicted molar refractivity (Wildman–Crippen MR) is 77.8 cm³/mol. The van der Waals surface area contributed by atoms with Gasteiger partial charge in [-0.25, -0.2) is 0 Å². The number of nitrogens with one attached hydrogen (secondary N) is 1. The summed E-state index contributed by atoms with van der Waals surface area (Å²) >= 11 is 0. The van der Waals surface area contributed by atoms with Crippen molar-refractivity contribution in [1.29, 1.82) is 0 Å². The third kappa shape index (κ3) is 3.13. The molecule has 1 heterocycles. The van der Waals surface area contributed by atoms with E-state index in [1.165, 1.54) is 0 Å². The fraction of sp³-hybridized carbons (Fsp3) is 0.375. The standard InChI is InChI=1S/C16H19NO4/c1-9(2)13-11(8-12(18)19)15(16(20)21)17-14(13)10-6-4-3-5-7-10/h3-7,11,13-15,17H,1,8H2,2H3,(H,18,19)(H,20,21)/t11-,13+,14-,15-/m0/s1. The molecule has 2 rings (SSSR count). The van der Waals surface area contributed by atoms with Crippen LogP contribution < -0.4 is 5.32 Å². The Balaban J connectivity index is 2.40. The van der Waals surface area contributed by atoms with Crippen LogP contribution in [0.3, 0.4) is 0 Å². The minimum Gasteiger partial charge on any atom is -0.481 e. The van der Waals surface area contributed by atoms with Crippen LogP contribution in [-0.2, 0) is 9.59 Å². The number of hydrogen-bond acceptors (Lipinski definition) is 3. The Morgan fingerprint density at radius 1 is 1.24 bits per heavy atom. The van der Waals surface area contributed by atoms with Gasteiger partial charge in [0.2, 0.25) is 0 Å². The topological polar surface area (TPSA) is 86.6 Å². The van der Waals surface area contributed by atoms with E-state index in [9.17, 15) is 14.7 Å². The van der Waals surface area contributed by atoms with Gasteiger partial charge in [-0.3, -0.25) is 14.9 Å². The van der Waals surface area contributed by atoms with Gasteiger partial charge in [-0.15, -0.1) is 0 Å². The zero-order valence-electron chi connectivity index (χ0n) is 11.8. The van der Waals surface area contributed by atoms with Crippen molar-refractivity contribution in [2.45, 2.75) is 25.4 Å². The summed E-state index contributed by atoms with van der Waals surface area (Å²) in [5.41, 5.74) is 1.75. The van der Waals surface area contributed by atoms with E-state index in [1.54, 1.807) is 0 Å². The zero-order chi connectivity index (χ0) is 15.6. The van der Waals surface area contributed by atoms with Crippen LogP contribution >= 0.6 is 0 Å². The van der Waals surface area contributed by atoms with Gasteiger partial charge in [-0.1, -0.05) is 42.5 Å². The smallest absolute Gasteiger partial charge is 0.321 e. The molecule has 0 bridgehead atoms. The van der Waals surface area contributed by atoms with Gasteiger partial charge in [0.1, 0.15) is 6.04 Å². The van der Waals surface area contributed by atoms with Crippen LogP contribution in [0.15, 0.2) is 42.5 Å². The molecule has 0 unspecified atom stereocenters. The second kappa shape index (κ2) is 6.10. The van der Waals surface area contributed by atoms with Crippen LogP contribution in [0.2, 0.25) is 0 Å². The summed E-state index contributed by atoms with van der Waals surface area (Å²) in [7, 11) is 0. The van der Waals surface area contributed by atoms with Gasteiger partial charge in [-0.05, 0) is 12.5 Å². The quantitative estimate of drug-likeness (QED) is 0.722. The van der Waals surface area contributed by atoms with Crippen molar-refractivity contribution in [3.63, 3.8) is 0 Å².